The van der Waals surface area contributed by atoms with Crippen molar-refractivity contribution < 1.29 is 13.9 Å². The van der Waals surface area contributed by atoms with Crippen molar-refractivity contribution in [2.24, 2.45) is 0 Å². The topological polar surface area (TPSA) is 85.9 Å². The van der Waals surface area contributed by atoms with Crippen LogP contribution < -0.4 is 10.1 Å². The second-order valence-electron chi connectivity index (χ2n) is 7.57. The number of carbonyl (C=O) groups excluding carboxylic acids is 1. The normalized spacial score (nSPS) is 12.9. The highest BCUT2D eigenvalue weighted by molar-refractivity contribution is 7.16. The highest BCUT2D eigenvalue weighted by Gasteiger charge is 2.23. The minimum absolute atomic E-state index is 0.0118. The van der Waals surface area contributed by atoms with Crippen LogP contribution in [0.1, 0.15) is 40.0 Å². The minimum atomic E-state index is -0.587. The zero-order chi connectivity index (χ0) is 23.2. The number of aryl methyl sites for hydroxylation is 1. The minimum Gasteiger partial charge on any atom is -0.488 e. The molecule has 5 nitrogen and oxygen atoms in total. The molecule has 1 aromatic heterocycles. The van der Waals surface area contributed by atoms with Gasteiger partial charge in [0.15, 0.2) is 0 Å². The Hall–Kier alpha value is -3.94. The quantitative estimate of drug-likeness (QED) is 0.376. The molecule has 1 N–H and O–H groups in total. The molecule has 1 aliphatic rings. The van der Waals surface area contributed by atoms with E-state index in [2.05, 4.69) is 11.4 Å². The Morgan fingerprint density at radius 1 is 1.12 bits per heavy atom. The fourth-order valence-electron chi connectivity index (χ4n) is 3.75. The summed E-state index contributed by atoms with van der Waals surface area (Å²) >= 11 is 1.41. The van der Waals surface area contributed by atoms with Gasteiger partial charge < -0.3 is 10.1 Å². The number of rotatable bonds is 6. The molecule has 1 heterocycles. The van der Waals surface area contributed by atoms with Crippen molar-refractivity contribution in [3.8, 4) is 17.9 Å². The molecule has 3 aromatic rings. The van der Waals surface area contributed by atoms with Gasteiger partial charge in [0.2, 0.25) is 0 Å². The van der Waals surface area contributed by atoms with Gasteiger partial charge in [-0.3, -0.25) is 4.79 Å². The third-order valence-electron chi connectivity index (χ3n) is 5.44. The number of anilines is 1. The molecule has 0 spiro atoms. The monoisotopic (exact) mass is 457 g/mol. The van der Waals surface area contributed by atoms with E-state index in [1.165, 1.54) is 23.5 Å². The van der Waals surface area contributed by atoms with Crippen LogP contribution in [0.2, 0.25) is 0 Å². The molecule has 0 unspecified atom stereocenters. The van der Waals surface area contributed by atoms with Gasteiger partial charge in [-0.25, -0.2) is 4.39 Å². The summed E-state index contributed by atoms with van der Waals surface area (Å²) in [4.78, 5) is 14.0. The maximum atomic E-state index is 13.9. The first kappa shape index (κ1) is 22.3. The second kappa shape index (κ2) is 10.1. The number of benzene rings is 2. The van der Waals surface area contributed by atoms with Crippen molar-refractivity contribution in [3.05, 3.63) is 87.1 Å². The second-order valence-corrected chi connectivity index (χ2v) is 8.67. The Bertz CT molecular complexity index is 1310. The number of fused-ring (bicyclic) bond motifs is 1. The molecule has 0 saturated heterocycles. The van der Waals surface area contributed by atoms with Crippen molar-refractivity contribution in [1.29, 1.82) is 10.5 Å². The molecule has 0 aliphatic heterocycles. The molecule has 164 valence electrons. The zero-order valence-corrected chi connectivity index (χ0v) is 18.5. The Morgan fingerprint density at radius 3 is 2.67 bits per heavy atom. The first-order chi connectivity index (χ1) is 16.1. The molecule has 0 fully saturated rings. The number of ether oxygens (including phenoxy) is 1. The summed E-state index contributed by atoms with van der Waals surface area (Å²) in [6.45, 7) is 0.0118. The highest BCUT2D eigenvalue weighted by Crippen LogP contribution is 2.37. The number of amides is 1. The fraction of sp³-hybridized carbons (Fsp3) is 0.192. The van der Waals surface area contributed by atoms with Gasteiger partial charge in [-0.05, 0) is 49.5 Å². The van der Waals surface area contributed by atoms with Crippen LogP contribution in [0.25, 0.3) is 6.08 Å². The molecule has 1 aliphatic carbocycles. The lowest BCUT2D eigenvalue weighted by Crippen LogP contribution is -2.13. The van der Waals surface area contributed by atoms with Gasteiger partial charge in [-0.2, -0.15) is 10.5 Å². The number of nitrogens with one attached hydrogen (secondary N) is 1. The largest absolute Gasteiger partial charge is 0.488 e. The molecular weight excluding hydrogens is 437 g/mol. The van der Waals surface area contributed by atoms with E-state index in [1.54, 1.807) is 42.5 Å². The lowest BCUT2D eigenvalue weighted by atomic mass is 9.96. The van der Waals surface area contributed by atoms with Gasteiger partial charge in [0.05, 0.1) is 5.56 Å². The maximum absolute atomic E-state index is 13.9. The third-order valence-corrected chi connectivity index (χ3v) is 6.64. The smallest absolute Gasteiger partial charge is 0.266 e. The van der Waals surface area contributed by atoms with Crippen molar-refractivity contribution in [2.75, 3.05) is 5.32 Å². The van der Waals surface area contributed by atoms with E-state index < -0.39 is 5.91 Å². The first-order valence-corrected chi connectivity index (χ1v) is 11.4. The number of hydrogen-bond donors (Lipinski definition) is 1. The lowest BCUT2D eigenvalue weighted by molar-refractivity contribution is -0.112. The summed E-state index contributed by atoms with van der Waals surface area (Å²) in [6, 6.07) is 17.4. The van der Waals surface area contributed by atoms with Gasteiger partial charge in [0.25, 0.3) is 5.91 Å². The van der Waals surface area contributed by atoms with Crippen LogP contribution in [0, 0.1) is 28.5 Å². The molecule has 4 rings (SSSR count). The van der Waals surface area contributed by atoms with E-state index in [1.807, 2.05) is 6.07 Å². The standard InChI is InChI=1S/C26H20FN3O2S/c27-22-10-4-1-8-18(22)16-32-23-11-5-2-7-17(23)13-19(14-28)25(31)30-26-21(15-29)20-9-3-6-12-24(20)33-26/h1-2,4-5,7-8,10-11,13H,3,6,9,12,16H2,(H,30,31)/b19-13+. The molecule has 33 heavy (non-hydrogen) atoms. The number of carbonyl (C=O) groups is 1. The molecule has 0 radical (unpaired) electrons. The van der Waals surface area contributed by atoms with Crippen LogP contribution in [-0.4, -0.2) is 5.91 Å². The Labute approximate surface area is 195 Å². The van der Waals surface area contributed by atoms with Crippen molar-refractivity contribution in [2.45, 2.75) is 32.3 Å². The summed E-state index contributed by atoms with van der Waals surface area (Å²) in [6.07, 6.45) is 5.26. The van der Waals surface area contributed by atoms with Gasteiger partial charge in [-0.15, -0.1) is 11.3 Å². The summed E-state index contributed by atoms with van der Waals surface area (Å²) < 4.78 is 19.7. The van der Waals surface area contributed by atoms with E-state index in [-0.39, 0.29) is 18.0 Å². The van der Waals surface area contributed by atoms with Crippen LogP contribution in [0.5, 0.6) is 5.75 Å². The maximum Gasteiger partial charge on any atom is 0.266 e. The van der Waals surface area contributed by atoms with E-state index in [0.717, 1.165) is 36.1 Å². The molecule has 0 atom stereocenters. The van der Waals surface area contributed by atoms with Crippen LogP contribution in [0.4, 0.5) is 9.39 Å². The number of thiophene rings is 1. The van der Waals surface area contributed by atoms with E-state index in [0.29, 0.717) is 27.4 Å². The predicted octanol–water partition coefficient (Wildman–Crippen LogP) is 5.76. The van der Waals surface area contributed by atoms with Crippen molar-refractivity contribution >= 4 is 28.3 Å². The van der Waals surface area contributed by atoms with Crippen molar-refractivity contribution in [1.82, 2.24) is 0 Å². The van der Waals surface area contributed by atoms with Gasteiger partial charge in [0, 0.05) is 16.0 Å². The zero-order valence-electron chi connectivity index (χ0n) is 17.7. The average Bonchev–Trinajstić information content (AvgIpc) is 3.19. The molecular formula is C26H20FN3O2S. The van der Waals surface area contributed by atoms with Crippen LogP contribution in [0.15, 0.2) is 54.1 Å². The Morgan fingerprint density at radius 2 is 1.88 bits per heavy atom. The number of nitriles is 2. The van der Waals surface area contributed by atoms with Gasteiger partial charge >= 0.3 is 0 Å². The number of para-hydroxylation sites is 1. The summed E-state index contributed by atoms with van der Waals surface area (Å²) in [5.41, 5.74) is 2.31. The van der Waals surface area contributed by atoms with Crippen LogP contribution in [-0.2, 0) is 24.2 Å². The van der Waals surface area contributed by atoms with Gasteiger partial charge in [0.1, 0.15) is 40.9 Å². The predicted molar refractivity (Wildman–Crippen MR) is 125 cm³/mol. The van der Waals surface area contributed by atoms with Crippen LogP contribution in [0.3, 0.4) is 0 Å². The summed E-state index contributed by atoms with van der Waals surface area (Å²) in [7, 11) is 0. The molecule has 2 aromatic carbocycles. The van der Waals surface area contributed by atoms with E-state index >= 15 is 0 Å². The summed E-state index contributed by atoms with van der Waals surface area (Å²) in [5, 5.41) is 22.5. The van der Waals surface area contributed by atoms with E-state index in [4.69, 9.17) is 4.74 Å². The average molecular weight is 458 g/mol. The van der Waals surface area contributed by atoms with Crippen molar-refractivity contribution in [3.63, 3.8) is 0 Å². The Balaban J connectivity index is 1.56. The molecule has 1 amide bonds. The first-order valence-electron chi connectivity index (χ1n) is 10.5. The number of nitrogens with zero attached hydrogens (tertiary/aromatic N) is 2. The lowest BCUT2D eigenvalue weighted by Gasteiger charge is -2.10. The SMILES string of the molecule is N#C/C(=C\c1ccccc1OCc1ccccc1F)C(=O)Nc1sc2c(c1C#N)CCCC2. The number of halogens is 1. The van der Waals surface area contributed by atoms with Crippen LogP contribution >= 0.6 is 11.3 Å². The summed E-state index contributed by atoms with van der Waals surface area (Å²) in [5.74, 6) is -0.531. The Kier molecular flexibility index (Phi) is 6.83. The van der Waals surface area contributed by atoms with E-state index in [9.17, 15) is 19.7 Å². The molecule has 0 bridgehead atoms. The highest BCUT2D eigenvalue weighted by atomic mass is 32.1. The fourth-order valence-corrected chi connectivity index (χ4v) is 4.98. The number of hydrogen-bond acceptors (Lipinski definition) is 5. The third kappa shape index (κ3) is 4.95. The molecule has 7 heteroatoms. The molecule has 0 saturated carbocycles. The van der Waals surface area contributed by atoms with Gasteiger partial charge in [-0.1, -0.05) is 36.4 Å².